The van der Waals surface area contributed by atoms with Crippen LogP contribution in [0.25, 0.3) is 0 Å². The van der Waals surface area contributed by atoms with Crippen LogP contribution in [-0.2, 0) is 28.6 Å². The van der Waals surface area contributed by atoms with Crippen molar-refractivity contribution in [1.82, 2.24) is 0 Å². The van der Waals surface area contributed by atoms with E-state index in [2.05, 4.69) is 215 Å². The number of rotatable bonds is 56. The molecule has 6 heteroatoms. The maximum Gasteiger partial charge on any atom is 0.306 e. The van der Waals surface area contributed by atoms with Gasteiger partial charge in [-0.1, -0.05) is 273 Å². The summed E-state index contributed by atoms with van der Waals surface area (Å²) in [5, 5.41) is 0. The Hall–Kier alpha value is -5.75. The fourth-order valence-corrected chi connectivity index (χ4v) is 8.06. The second-order valence-corrected chi connectivity index (χ2v) is 20.6. The van der Waals surface area contributed by atoms with Gasteiger partial charge in [-0.25, -0.2) is 0 Å². The van der Waals surface area contributed by atoms with Crippen LogP contribution in [0.15, 0.2) is 194 Å². The van der Waals surface area contributed by atoms with Gasteiger partial charge in [0.05, 0.1) is 0 Å². The molecule has 0 fully saturated rings. The topological polar surface area (TPSA) is 78.9 Å². The molecule has 0 heterocycles. The molecule has 0 spiro atoms. The normalized spacial score (nSPS) is 13.5. The smallest absolute Gasteiger partial charge is 0.306 e. The van der Waals surface area contributed by atoms with Gasteiger partial charge in [0, 0.05) is 19.3 Å². The first-order valence-electron chi connectivity index (χ1n) is 32.4. The van der Waals surface area contributed by atoms with E-state index in [1.807, 2.05) is 0 Å². The summed E-state index contributed by atoms with van der Waals surface area (Å²) in [5.41, 5.74) is 0. The molecular weight excluding hydrogens is 1010 g/mol. The molecule has 6 nitrogen and oxygen atoms in total. The second-order valence-electron chi connectivity index (χ2n) is 20.6. The van der Waals surface area contributed by atoms with E-state index in [0.717, 1.165) is 148 Å². The van der Waals surface area contributed by atoms with Crippen LogP contribution < -0.4 is 0 Å². The van der Waals surface area contributed by atoms with Crippen molar-refractivity contribution in [3.63, 3.8) is 0 Å². The Morgan fingerprint density at radius 1 is 0.256 bits per heavy atom. The second kappa shape index (κ2) is 67.8. The van der Waals surface area contributed by atoms with Gasteiger partial charge in [-0.05, 0) is 148 Å². The maximum absolute atomic E-state index is 12.9. The molecule has 0 amide bonds. The average molecular weight is 1130 g/mol. The Balaban J connectivity index is 4.48. The largest absolute Gasteiger partial charge is 0.462 e. The predicted molar refractivity (Wildman–Crippen MR) is 357 cm³/mol. The van der Waals surface area contributed by atoms with Crippen LogP contribution in [0.3, 0.4) is 0 Å². The fraction of sp³-hybridized carbons (Fsp3) is 0.539. The van der Waals surface area contributed by atoms with E-state index in [1.165, 1.54) is 44.9 Å². The molecule has 1 atom stereocenters. The molecule has 0 aliphatic rings. The molecule has 0 aromatic carbocycles. The highest BCUT2D eigenvalue weighted by Crippen LogP contribution is 2.13. The SMILES string of the molecule is CC/C=C\C/C=C\C/C=C\C/C=C\C/C=C\C/C=C\C/C=C\C/C=C\CCCCC(=O)OCC(COC(=O)CCCCCCCCCCCC)OC(=O)CCCC/C=C\C/C=C\C/C=C\C/C=C\C/C=C\C/C=C\C/C=C\C/C=C\CC. The summed E-state index contributed by atoms with van der Waals surface area (Å²) in [6.45, 7) is 6.31. The lowest BCUT2D eigenvalue weighted by Gasteiger charge is -2.18. The summed E-state index contributed by atoms with van der Waals surface area (Å²) in [4.78, 5) is 38.2. The molecule has 0 saturated heterocycles. The van der Waals surface area contributed by atoms with Crippen molar-refractivity contribution in [2.45, 2.75) is 252 Å². The summed E-state index contributed by atoms with van der Waals surface area (Å²) in [6.07, 6.45) is 103. The van der Waals surface area contributed by atoms with Gasteiger partial charge in [0.1, 0.15) is 13.2 Å². The zero-order valence-corrected chi connectivity index (χ0v) is 52.2. The Morgan fingerprint density at radius 2 is 0.476 bits per heavy atom. The highest BCUT2D eigenvalue weighted by molar-refractivity contribution is 5.71. The first-order chi connectivity index (χ1) is 40.5. The molecule has 0 rings (SSSR count). The van der Waals surface area contributed by atoms with Crippen molar-refractivity contribution in [3.05, 3.63) is 194 Å². The Bertz CT molecular complexity index is 1970. The number of unbranched alkanes of at least 4 members (excludes halogenated alkanes) is 13. The van der Waals surface area contributed by atoms with Crippen molar-refractivity contribution in [2.75, 3.05) is 13.2 Å². The van der Waals surface area contributed by atoms with Crippen LogP contribution in [0.2, 0.25) is 0 Å². The Kier molecular flexibility index (Phi) is 63.0. The summed E-state index contributed by atoms with van der Waals surface area (Å²) in [6, 6.07) is 0. The molecule has 0 aromatic heterocycles. The molecule has 82 heavy (non-hydrogen) atoms. The zero-order chi connectivity index (χ0) is 59.2. The third-order valence-electron chi connectivity index (χ3n) is 12.8. The number of carbonyl (C=O) groups is 3. The standard InChI is InChI=1S/C76H116O6/c1-4-7-10-13-16-19-22-24-26-28-30-32-34-36-38-40-42-44-46-48-50-52-54-57-60-63-66-69-75(78)81-72-73(71-80-74(77)68-65-62-59-56-21-18-15-12-9-6-3)82-76(79)70-67-64-61-58-55-53-51-49-47-45-43-41-39-37-35-33-31-29-27-25-23-20-17-14-11-8-5-2/h7-8,10-11,16-17,19-20,24-27,30-33,36-39,42-45,48-51,54-55,57-58,73H,4-6,9,12-15,18,21-23,28-29,34-35,40-41,46-47,52-53,56,59-72H2,1-3H3/b10-7-,11-8-,19-16-,20-17-,26-24-,27-25-,32-30-,33-31-,38-36-,39-37-,44-42-,45-43-,50-48-,51-49-,57-54-,58-55-. The lowest BCUT2D eigenvalue weighted by Crippen LogP contribution is -2.30. The monoisotopic (exact) mass is 1120 g/mol. The molecule has 456 valence electrons. The minimum Gasteiger partial charge on any atom is -0.462 e. The lowest BCUT2D eigenvalue weighted by molar-refractivity contribution is -0.167. The average Bonchev–Trinajstić information content (AvgIpc) is 3.48. The van der Waals surface area contributed by atoms with Crippen LogP contribution in [0.5, 0.6) is 0 Å². The summed E-state index contributed by atoms with van der Waals surface area (Å²) < 4.78 is 16.8. The molecule has 0 aliphatic carbocycles. The highest BCUT2D eigenvalue weighted by Gasteiger charge is 2.19. The minimum atomic E-state index is -0.830. The van der Waals surface area contributed by atoms with E-state index >= 15 is 0 Å². The van der Waals surface area contributed by atoms with Gasteiger partial charge in [0.15, 0.2) is 6.10 Å². The van der Waals surface area contributed by atoms with E-state index in [0.29, 0.717) is 19.3 Å². The van der Waals surface area contributed by atoms with Crippen molar-refractivity contribution >= 4 is 17.9 Å². The van der Waals surface area contributed by atoms with Crippen molar-refractivity contribution in [3.8, 4) is 0 Å². The summed E-state index contributed by atoms with van der Waals surface area (Å²) in [5.74, 6) is -1.02. The molecular formula is C76H116O6. The number of hydrogen-bond acceptors (Lipinski definition) is 6. The van der Waals surface area contributed by atoms with E-state index < -0.39 is 6.10 Å². The summed E-state index contributed by atoms with van der Waals surface area (Å²) in [7, 11) is 0. The third kappa shape index (κ3) is 65.1. The Labute approximate surface area is 503 Å². The van der Waals surface area contributed by atoms with Gasteiger partial charge in [-0.3, -0.25) is 14.4 Å². The van der Waals surface area contributed by atoms with Crippen LogP contribution in [0, 0.1) is 0 Å². The quantitative estimate of drug-likeness (QED) is 0.0261. The van der Waals surface area contributed by atoms with Crippen LogP contribution in [0.4, 0.5) is 0 Å². The number of esters is 3. The molecule has 0 saturated carbocycles. The molecule has 0 radical (unpaired) electrons. The lowest BCUT2D eigenvalue weighted by atomic mass is 10.1. The van der Waals surface area contributed by atoms with Crippen molar-refractivity contribution in [2.24, 2.45) is 0 Å². The predicted octanol–water partition coefficient (Wildman–Crippen LogP) is 22.6. The fourth-order valence-electron chi connectivity index (χ4n) is 8.06. The number of hydrogen-bond donors (Lipinski definition) is 0. The van der Waals surface area contributed by atoms with E-state index in [4.69, 9.17) is 14.2 Å². The van der Waals surface area contributed by atoms with Crippen LogP contribution in [-0.4, -0.2) is 37.2 Å². The number of carbonyl (C=O) groups excluding carboxylic acids is 3. The number of ether oxygens (including phenoxy) is 3. The molecule has 0 N–H and O–H groups in total. The van der Waals surface area contributed by atoms with E-state index in [-0.39, 0.29) is 44.0 Å². The van der Waals surface area contributed by atoms with Crippen molar-refractivity contribution < 1.29 is 28.6 Å². The summed E-state index contributed by atoms with van der Waals surface area (Å²) >= 11 is 0. The molecule has 1 unspecified atom stereocenters. The van der Waals surface area contributed by atoms with Gasteiger partial charge < -0.3 is 14.2 Å². The molecule has 0 aliphatic heterocycles. The van der Waals surface area contributed by atoms with Gasteiger partial charge in [-0.15, -0.1) is 0 Å². The first-order valence-corrected chi connectivity index (χ1v) is 32.4. The maximum atomic E-state index is 12.9. The van der Waals surface area contributed by atoms with Crippen molar-refractivity contribution in [1.29, 1.82) is 0 Å². The van der Waals surface area contributed by atoms with E-state index in [9.17, 15) is 14.4 Å². The van der Waals surface area contributed by atoms with Gasteiger partial charge >= 0.3 is 17.9 Å². The molecule has 0 aromatic rings. The van der Waals surface area contributed by atoms with Gasteiger partial charge in [0.2, 0.25) is 0 Å². The van der Waals surface area contributed by atoms with Crippen LogP contribution >= 0.6 is 0 Å². The third-order valence-corrected chi connectivity index (χ3v) is 12.8. The first kappa shape index (κ1) is 76.2. The molecule has 0 bridgehead atoms. The Morgan fingerprint density at radius 3 is 0.744 bits per heavy atom. The van der Waals surface area contributed by atoms with Gasteiger partial charge in [0.25, 0.3) is 0 Å². The van der Waals surface area contributed by atoms with Crippen LogP contribution in [0.1, 0.15) is 245 Å². The van der Waals surface area contributed by atoms with Gasteiger partial charge in [-0.2, -0.15) is 0 Å². The van der Waals surface area contributed by atoms with E-state index in [1.54, 1.807) is 0 Å². The zero-order valence-electron chi connectivity index (χ0n) is 52.2. The minimum absolute atomic E-state index is 0.118. The highest BCUT2D eigenvalue weighted by atomic mass is 16.6. The number of allylic oxidation sites excluding steroid dienone is 32.